The highest BCUT2D eigenvalue weighted by Crippen LogP contribution is 2.10. The minimum absolute atomic E-state index is 0.0452. The molecule has 0 aromatic heterocycles. The second kappa shape index (κ2) is 5.05. The van der Waals surface area contributed by atoms with Crippen LogP contribution in [0.15, 0.2) is 18.2 Å². The molecule has 17 heavy (non-hydrogen) atoms. The zero-order chi connectivity index (χ0) is 13.1. The van der Waals surface area contributed by atoms with Crippen molar-refractivity contribution in [3.63, 3.8) is 0 Å². The second-order valence-corrected chi connectivity index (χ2v) is 4.91. The third-order valence-electron chi connectivity index (χ3n) is 2.75. The van der Waals surface area contributed by atoms with Gasteiger partial charge >= 0.3 is 0 Å². The summed E-state index contributed by atoms with van der Waals surface area (Å²) in [6.45, 7) is 7.72. The van der Waals surface area contributed by atoms with Crippen LogP contribution >= 0.6 is 0 Å². The van der Waals surface area contributed by atoms with Crippen molar-refractivity contribution in [2.45, 2.75) is 39.7 Å². The summed E-state index contributed by atoms with van der Waals surface area (Å²) in [7, 11) is 0. The van der Waals surface area contributed by atoms with E-state index in [1.165, 1.54) is 11.1 Å². The third kappa shape index (κ3) is 3.96. The fourth-order valence-electron chi connectivity index (χ4n) is 1.53. The van der Waals surface area contributed by atoms with Crippen LogP contribution in [0.1, 0.15) is 30.5 Å². The fourth-order valence-corrected chi connectivity index (χ4v) is 1.53. The molecule has 0 unspecified atom stereocenters. The molecule has 0 saturated carbocycles. The van der Waals surface area contributed by atoms with E-state index in [-0.39, 0.29) is 5.91 Å². The zero-order valence-corrected chi connectivity index (χ0v) is 10.9. The van der Waals surface area contributed by atoms with Crippen molar-refractivity contribution in [1.82, 2.24) is 5.32 Å². The molecule has 0 heterocycles. The summed E-state index contributed by atoms with van der Waals surface area (Å²) in [4.78, 5) is 11.8. The van der Waals surface area contributed by atoms with E-state index in [1.54, 1.807) is 0 Å². The van der Waals surface area contributed by atoms with Gasteiger partial charge in [-0.2, -0.15) is 0 Å². The molecule has 1 aromatic carbocycles. The molecule has 0 aliphatic rings. The molecule has 1 N–H and O–H groups in total. The Morgan fingerprint density at radius 1 is 1.35 bits per heavy atom. The van der Waals surface area contributed by atoms with Gasteiger partial charge in [0.05, 0.1) is 12.0 Å². The van der Waals surface area contributed by atoms with E-state index >= 15 is 0 Å². The molecule has 0 radical (unpaired) electrons. The van der Waals surface area contributed by atoms with Gasteiger partial charge in [-0.15, -0.1) is 6.42 Å². The Bertz CT molecular complexity index is 466. The minimum atomic E-state index is -0.586. The van der Waals surface area contributed by atoms with Gasteiger partial charge in [-0.3, -0.25) is 4.79 Å². The molecule has 0 spiro atoms. The van der Waals surface area contributed by atoms with Gasteiger partial charge in [0.15, 0.2) is 0 Å². The summed E-state index contributed by atoms with van der Waals surface area (Å²) >= 11 is 0. The maximum absolute atomic E-state index is 11.8. The molecule has 1 aromatic rings. The lowest BCUT2D eigenvalue weighted by atomic mass is 10.0. The molecular weight excluding hydrogens is 210 g/mol. The number of amides is 1. The van der Waals surface area contributed by atoms with Crippen LogP contribution in [0.25, 0.3) is 0 Å². The molecule has 0 aliphatic carbocycles. The summed E-state index contributed by atoms with van der Waals surface area (Å²) in [5, 5.41) is 2.81. The number of carbonyl (C=O) groups excluding carboxylic acids is 1. The largest absolute Gasteiger partial charge is 0.340 e. The first-order chi connectivity index (χ1) is 7.84. The monoisotopic (exact) mass is 229 g/mol. The second-order valence-electron chi connectivity index (χ2n) is 4.91. The Hall–Kier alpha value is -1.75. The van der Waals surface area contributed by atoms with E-state index in [2.05, 4.69) is 18.2 Å². The van der Waals surface area contributed by atoms with Gasteiger partial charge < -0.3 is 5.32 Å². The highest BCUT2D eigenvalue weighted by atomic mass is 16.1. The Balaban J connectivity index is 2.69. The van der Waals surface area contributed by atoms with Crippen LogP contribution in [0.4, 0.5) is 0 Å². The van der Waals surface area contributed by atoms with E-state index in [1.807, 2.05) is 39.0 Å². The average molecular weight is 229 g/mol. The maximum Gasteiger partial charge on any atom is 0.225 e. The first-order valence-electron chi connectivity index (χ1n) is 5.69. The number of hydrogen-bond acceptors (Lipinski definition) is 1. The number of rotatable bonds is 3. The summed E-state index contributed by atoms with van der Waals surface area (Å²) in [6.07, 6.45) is 5.69. The molecule has 90 valence electrons. The maximum atomic E-state index is 11.8. The summed E-state index contributed by atoms with van der Waals surface area (Å²) in [6, 6.07) is 6.05. The van der Waals surface area contributed by atoms with Crippen LogP contribution in [-0.2, 0) is 11.2 Å². The molecule has 0 bridgehead atoms. The first-order valence-corrected chi connectivity index (χ1v) is 5.69. The van der Waals surface area contributed by atoms with Crippen LogP contribution < -0.4 is 5.32 Å². The fraction of sp³-hybridized carbons (Fsp3) is 0.400. The van der Waals surface area contributed by atoms with Crippen LogP contribution in [0.2, 0.25) is 0 Å². The van der Waals surface area contributed by atoms with Crippen LogP contribution in [0.5, 0.6) is 0 Å². The van der Waals surface area contributed by atoms with Gasteiger partial charge in [-0.25, -0.2) is 0 Å². The highest BCUT2D eigenvalue weighted by Gasteiger charge is 2.16. The van der Waals surface area contributed by atoms with E-state index in [0.29, 0.717) is 6.42 Å². The number of aryl methyl sites for hydroxylation is 2. The molecular formula is C15H19NO. The Morgan fingerprint density at radius 2 is 2.00 bits per heavy atom. The molecule has 1 amide bonds. The predicted molar refractivity (Wildman–Crippen MR) is 70.7 cm³/mol. The van der Waals surface area contributed by atoms with Crippen molar-refractivity contribution < 1.29 is 4.79 Å². The van der Waals surface area contributed by atoms with Crippen LogP contribution in [0.3, 0.4) is 0 Å². The average Bonchev–Trinajstić information content (AvgIpc) is 2.23. The van der Waals surface area contributed by atoms with Crippen molar-refractivity contribution in [2.75, 3.05) is 0 Å². The van der Waals surface area contributed by atoms with E-state index < -0.39 is 5.54 Å². The van der Waals surface area contributed by atoms with Gasteiger partial charge in [-0.05, 0) is 44.4 Å². The third-order valence-corrected chi connectivity index (χ3v) is 2.75. The van der Waals surface area contributed by atoms with Crippen molar-refractivity contribution in [3.8, 4) is 12.3 Å². The standard InChI is InChI=1S/C15H19NO/c1-6-15(4,5)16-14(17)10-13-8-7-11(2)12(3)9-13/h1,7-9H,10H2,2-5H3,(H,16,17). The Morgan fingerprint density at radius 3 is 2.53 bits per heavy atom. The van der Waals surface area contributed by atoms with Crippen molar-refractivity contribution in [1.29, 1.82) is 0 Å². The lowest BCUT2D eigenvalue weighted by molar-refractivity contribution is -0.121. The zero-order valence-electron chi connectivity index (χ0n) is 10.9. The predicted octanol–water partition coefficient (Wildman–Crippen LogP) is 2.37. The molecule has 2 heteroatoms. The number of terminal acetylenes is 1. The molecule has 0 fully saturated rings. The smallest absolute Gasteiger partial charge is 0.225 e. The minimum Gasteiger partial charge on any atom is -0.340 e. The van der Waals surface area contributed by atoms with Gasteiger partial charge in [0.25, 0.3) is 0 Å². The van der Waals surface area contributed by atoms with Gasteiger partial charge in [0.2, 0.25) is 5.91 Å². The van der Waals surface area contributed by atoms with Gasteiger partial charge in [0, 0.05) is 0 Å². The first kappa shape index (κ1) is 13.3. The number of hydrogen-bond donors (Lipinski definition) is 1. The Kier molecular flexibility index (Phi) is 3.96. The quantitative estimate of drug-likeness (QED) is 0.792. The van der Waals surface area contributed by atoms with Crippen molar-refractivity contribution >= 4 is 5.91 Å². The summed E-state index contributed by atoms with van der Waals surface area (Å²) in [5.74, 6) is 2.50. The van der Waals surface area contributed by atoms with Gasteiger partial charge in [0.1, 0.15) is 0 Å². The topological polar surface area (TPSA) is 29.1 Å². The molecule has 0 saturated heterocycles. The van der Waals surface area contributed by atoms with E-state index in [4.69, 9.17) is 6.42 Å². The van der Waals surface area contributed by atoms with E-state index in [9.17, 15) is 4.79 Å². The van der Waals surface area contributed by atoms with Crippen molar-refractivity contribution in [3.05, 3.63) is 34.9 Å². The molecule has 1 rings (SSSR count). The number of nitrogens with one attached hydrogen (secondary N) is 1. The number of carbonyl (C=O) groups is 1. The SMILES string of the molecule is C#CC(C)(C)NC(=O)Cc1ccc(C)c(C)c1. The Labute approximate surface area is 103 Å². The lowest BCUT2D eigenvalue weighted by Crippen LogP contribution is -2.42. The van der Waals surface area contributed by atoms with E-state index in [0.717, 1.165) is 5.56 Å². The molecule has 0 aliphatic heterocycles. The summed E-state index contributed by atoms with van der Waals surface area (Å²) in [5.41, 5.74) is 2.86. The van der Waals surface area contributed by atoms with Gasteiger partial charge in [-0.1, -0.05) is 24.1 Å². The van der Waals surface area contributed by atoms with Crippen LogP contribution in [-0.4, -0.2) is 11.4 Å². The lowest BCUT2D eigenvalue weighted by Gasteiger charge is -2.19. The molecule has 0 atom stereocenters. The summed E-state index contributed by atoms with van der Waals surface area (Å²) < 4.78 is 0. The number of benzene rings is 1. The molecule has 2 nitrogen and oxygen atoms in total. The highest BCUT2D eigenvalue weighted by molar-refractivity contribution is 5.79. The van der Waals surface area contributed by atoms with Crippen molar-refractivity contribution in [2.24, 2.45) is 0 Å². The normalized spacial score (nSPS) is 10.8. The van der Waals surface area contributed by atoms with Crippen LogP contribution in [0, 0.1) is 26.2 Å².